The van der Waals surface area contributed by atoms with Crippen LogP contribution in [-0.2, 0) is 10.0 Å². The molecule has 4 nitrogen and oxygen atoms in total. The molecule has 0 aliphatic heterocycles. The van der Waals surface area contributed by atoms with Crippen LogP contribution in [0.3, 0.4) is 0 Å². The first-order chi connectivity index (χ1) is 8.28. The van der Waals surface area contributed by atoms with E-state index in [0.717, 1.165) is 16.4 Å². The topological polar surface area (TPSA) is 63.4 Å². The van der Waals surface area contributed by atoms with Crippen LogP contribution in [0.4, 0.5) is 10.1 Å². The summed E-state index contributed by atoms with van der Waals surface area (Å²) in [6, 6.07) is 3.51. The van der Waals surface area contributed by atoms with Crippen molar-refractivity contribution in [3.8, 4) is 0 Å². The van der Waals surface area contributed by atoms with Gasteiger partial charge in [0.15, 0.2) is 0 Å². The van der Waals surface area contributed by atoms with E-state index in [9.17, 15) is 12.8 Å². The predicted molar refractivity (Wildman–Crippen MR) is 70.1 cm³/mol. The minimum atomic E-state index is -3.88. The molecule has 0 spiro atoms. The summed E-state index contributed by atoms with van der Waals surface area (Å²) in [4.78, 5) is -0.398. The smallest absolute Gasteiger partial charge is 0.246 e. The SMILES string of the molecule is C=C(C)CN(CC)S(=O)(=O)c1cc(N)ccc1F. The van der Waals surface area contributed by atoms with E-state index in [1.54, 1.807) is 13.8 Å². The molecule has 0 aliphatic carbocycles. The van der Waals surface area contributed by atoms with Crippen molar-refractivity contribution in [1.82, 2.24) is 4.31 Å². The predicted octanol–water partition coefficient (Wildman–Crippen LogP) is 1.99. The largest absolute Gasteiger partial charge is 0.399 e. The number of rotatable bonds is 5. The first-order valence-corrected chi connectivity index (χ1v) is 6.92. The van der Waals surface area contributed by atoms with E-state index in [1.807, 2.05) is 0 Å². The monoisotopic (exact) mass is 272 g/mol. The van der Waals surface area contributed by atoms with Crippen molar-refractivity contribution in [3.05, 3.63) is 36.2 Å². The van der Waals surface area contributed by atoms with E-state index >= 15 is 0 Å². The van der Waals surface area contributed by atoms with Gasteiger partial charge in [0.05, 0.1) is 0 Å². The van der Waals surface area contributed by atoms with Gasteiger partial charge >= 0.3 is 0 Å². The quantitative estimate of drug-likeness (QED) is 0.658. The fourth-order valence-corrected chi connectivity index (χ4v) is 3.13. The zero-order chi connectivity index (χ0) is 13.9. The van der Waals surface area contributed by atoms with Crippen LogP contribution in [0.1, 0.15) is 13.8 Å². The minimum Gasteiger partial charge on any atom is -0.399 e. The molecule has 0 heterocycles. The Balaban J connectivity index is 3.26. The number of nitrogen functional groups attached to an aromatic ring is 1. The zero-order valence-corrected chi connectivity index (χ0v) is 11.3. The van der Waals surface area contributed by atoms with Crippen LogP contribution in [0.25, 0.3) is 0 Å². The lowest BCUT2D eigenvalue weighted by Gasteiger charge is -2.21. The second kappa shape index (κ2) is 5.49. The molecular formula is C12H17FN2O2S. The van der Waals surface area contributed by atoms with E-state index in [4.69, 9.17) is 5.73 Å². The molecule has 100 valence electrons. The highest BCUT2D eigenvalue weighted by atomic mass is 32.2. The Labute approximate surface area is 107 Å². The van der Waals surface area contributed by atoms with Crippen LogP contribution >= 0.6 is 0 Å². The fraction of sp³-hybridized carbons (Fsp3) is 0.333. The fourth-order valence-electron chi connectivity index (χ4n) is 1.52. The van der Waals surface area contributed by atoms with E-state index in [-0.39, 0.29) is 18.8 Å². The van der Waals surface area contributed by atoms with E-state index in [2.05, 4.69) is 6.58 Å². The molecule has 1 rings (SSSR count). The van der Waals surface area contributed by atoms with Crippen molar-refractivity contribution in [2.24, 2.45) is 0 Å². The lowest BCUT2D eigenvalue weighted by atomic mass is 10.3. The van der Waals surface area contributed by atoms with Gasteiger partial charge in [-0.15, -0.1) is 0 Å². The molecule has 0 radical (unpaired) electrons. The first-order valence-electron chi connectivity index (χ1n) is 5.48. The van der Waals surface area contributed by atoms with Crippen LogP contribution in [0.15, 0.2) is 35.2 Å². The Kier molecular flexibility index (Phi) is 4.48. The highest BCUT2D eigenvalue weighted by Gasteiger charge is 2.26. The summed E-state index contributed by atoms with van der Waals surface area (Å²) < 4.78 is 39.3. The van der Waals surface area contributed by atoms with Gasteiger partial charge in [0.2, 0.25) is 10.0 Å². The Morgan fingerprint density at radius 2 is 2.11 bits per heavy atom. The average molecular weight is 272 g/mol. The highest BCUT2D eigenvalue weighted by molar-refractivity contribution is 7.89. The normalized spacial score (nSPS) is 11.8. The minimum absolute atomic E-state index is 0.160. The van der Waals surface area contributed by atoms with E-state index in [0.29, 0.717) is 5.57 Å². The number of halogens is 1. The van der Waals surface area contributed by atoms with Gasteiger partial charge in [-0.25, -0.2) is 12.8 Å². The van der Waals surface area contributed by atoms with Gasteiger partial charge in [-0.2, -0.15) is 4.31 Å². The molecule has 0 saturated carbocycles. The lowest BCUT2D eigenvalue weighted by Crippen LogP contribution is -2.32. The Bertz CT molecular complexity index is 555. The maximum Gasteiger partial charge on any atom is 0.246 e. The van der Waals surface area contributed by atoms with Crippen LogP contribution < -0.4 is 5.73 Å². The van der Waals surface area contributed by atoms with Crippen molar-refractivity contribution in [2.75, 3.05) is 18.8 Å². The van der Waals surface area contributed by atoms with Gasteiger partial charge in [0.1, 0.15) is 10.7 Å². The van der Waals surface area contributed by atoms with Crippen LogP contribution in [0, 0.1) is 5.82 Å². The summed E-state index contributed by atoms with van der Waals surface area (Å²) in [5, 5.41) is 0. The highest BCUT2D eigenvalue weighted by Crippen LogP contribution is 2.22. The van der Waals surface area contributed by atoms with E-state index in [1.165, 1.54) is 6.07 Å². The third kappa shape index (κ3) is 3.08. The van der Waals surface area contributed by atoms with Gasteiger partial charge in [-0.3, -0.25) is 0 Å². The van der Waals surface area contributed by atoms with Crippen LogP contribution in [0.5, 0.6) is 0 Å². The summed E-state index contributed by atoms with van der Waals surface area (Å²) in [7, 11) is -3.88. The third-order valence-electron chi connectivity index (χ3n) is 2.37. The summed E-state index contributed by atoms with van der Waals surface area (Å²) in [5.41, 5.74) is 6.39. The Hall–Kier alpha value is -1.40. The number of hydrogen-bond donors (Lipinski definition) is 1. The second-order valence-corrected chi connectivity index (χ2v) is 5.98. The first kappa shape index (κ1) is 14.7. The standard InChI is InChI=1S/C12H17FN2O2S/c1-4-15(8-9(2)3)18(16,17)12-7-10(14)5-6-11(12)13/h5-7H,2,4,8,14H2,1,3H3. The van der Waals surface area contributed by atoms with Crippen molar-refractivity contribution in [2.45, 2.75) is 18.7 Å². The van der Waals surface area contributed by atoms with Crippen molar-refractivity contribution in [1.29, 1.82) is 0 Å². The van der Waals surface area contributed by atoms with Crippen LogP contribution in [0.2, 0.25) is 0 Å². The maximum absolute atomic E-state index is 13.6. The number of likely N-dealkylation sites (N-methyl/N-ethyl adjacent to an activating group) is 1. The maximum atomic E-state index is 13.6. The molecule has 6 heteroatoms. The number of nitrogens with zero attached hydrogens (tertiary/aromatic N) is 1. The van der Waals surface area contributed by atoms with Gasteiger partial charge in [-0.05, 0) is 25.1 Å². The van der Waals surface area contributed by atoms with Gasteiger partial charge < -0.3 is 5.73 Å². The Morgan fingerprint density at radius 3 is 2.61 bits per heavy atom. The number of benzene rings is 1. The van der Waals surface area contributed by atoms with E-state index < -0.39 is 20.7 Å². The van der Waals surface area contributed by atoms with Crippen molar-refractivity contribution >= 4 is 15.7 Å². The summed E-state index contributed by atoms with van der Waals surface area (Å²) in [6.45, 7) is 7.47. The molecule has 0 fully saturated rings. The number of anilines is 1. The molecule has 0 unspecified atom stereocenters. The van der Waals surface area contributed by atoms with Gasteiger partial charge in [0.25, 0.3) is 0 Å². The Morgan fingerprint density at radius 1 is 1.50 bits per heavy atom. The molecule has 1 aromatic rings. The molecule has 2 N–H and O–H groups in total. The molecule has 0 amide bonds. The molecule has 0 aliphatic rings. The molecular weight excluding hydrogens is 255 g/mol. The van der Waals surface area contributed by atoms with Gasteiger partial charge in [-0.1, -0.05) is 19.1 Å². The van der Waals surface area contributed by atoms with Crippen LogP contribution in [-0.4, -0.2) is 25.8 Å². The lowest BCUT2D eigenvalue weighted by molar-refractivity contribution is 0.447. The third-order valence-corrected chi connectivity index (χ3v) is 4.31. The molecule has 0 aromatic heterocycles. The second-order valence-electron chi connectivity index (χ2n) is 4.08. The number of hydrogen-bond acceptors (Lipinski definition) is 3. The zero-order valence-electron chi connectivity index (χ0n) is 10.5. The molecule has 0 saturated heterocycles. The molecule has 1 aromatic carbocycles. The van der Waals surface area contributed by atoms with Crippen molar-refractivity contribution < 1.29 is 12.8 Å². The van der Waals surface area contributed by atoms with Crippen molar-refractivity contribution in [3.63, 3.8) is 0 Å². The number of sulfonamides is 1. The molecule has 0 atom stereocenters. The number of nitrogens with two attached hydrogens (primary N) is 1. The molecule has 0 bridgehead atoms. The van der Waals surface area contributed by atoms with Gasteiger partial charge in [0, 0.05) is 18.8 Å². The molecule has 18 heavy (non-hydrogen) atoms. The summed E-state index contributed by atoms with van der Waals surface area (Å²) in [6.07, 6.45) is 0. The summed E-state index contributed by atoms with van der Waals surface area (Å²) >= 11 is 0. The average Bonchev–Trinajstić information content (AvgIpc) is 2.28. The summed E-state index contributed by atoms with van der Waals surface area (Å²) in [5.74, 6) is -0.802.